The van der Waals surface area contributed by atoms with Gasteiger partial charge in [-0.1, -0.05) is 31.4 Å². The van der Waals surface area contributed by atoms with Crippen molar-refractivity contribution in [2.24, 2.45) is 5.73 Å². The third-order valence-corrected chi connectivity index (χ3v) is 4.74. The van der Waals surface area contributed by atoms with Crippen LogP contribution in [0.25, 0.3) is 0 Å². The lowest BCUT2D eigenvalue weighted by molar-refractivity contribution is 0.190. The highest BCUT2D eigenvalue weighted by molar-refractivity contribution is 6.31. The lowest BCUT2D eigenvalue weighted by Crippen LogP contribution is -2.37. The van der Waals surface area contributed by atoms with Gasteiger partial charge in [0.1, 0.15) is 0 Å². The molecule has 1 heterocycles. The first-order chi connectivity index (χ1) is 9.71. The van der Waals surface area contributed by atoms with Gasteiger partial charge in [-0.2, -0.15) is 5.10 Å². The van der Waals surface area contributed by atoms with Gasteiger partial charge >= 0.3 is 0 Å². The standard InChI is InChI=1S/C15H27ClN4/c1-3-13-15(16)14(20(4-2)18-13)11-19(10-9-17)12-7-5-6-8-12/h12H,3-11,17H2,1-2H3. The summed E-state index contributed by atoms with van der Waals surface area (Å²) in [6.45, 7) is 7.62. The fourth-order valence-corrected chi connectivity index (χ4v) is 3.52. The first-order valence-corrected chi connectivity index (χ1v) is 8.27. The quantitative estimate of drug-likeness (QED) is 0.842. The van der Waals surface area contributed by atoms with E-state index in [0.29, 0.717) is 12.6 Å². The van der Waals surface area contributed by atoms with Crippen molar-refractivity contribution >= 4 is 11.6 Å². The Morgan fingerprint density at radius 1 is 1.35 bits per heavy atom. The van der Waals surface area contributed by atoms with Gasteiger partial charge in [0.25, 0.3) is 0 Å². The SMILES string of the molecule is CCc1nn(CC)c(CN(CCN)C2CCCC2)c1Cl. The van der Waals surface area contributed by atoms with Crippen LogP contribution in [0.4, 0.5) is 0 Å². The van der Waals surface area contributed by atoms with Gasteiger partial charge in [0.2, 0.25) is 0 Å². The van der Waals surface area contributed by atoms with Crippen LogP contribution in [0, 0.1) is 0 Å². The van der Waals surface area contributed by atoms with E-state index in [1.807, 2.05) is 0 Å². The van der Waals surface area contributed by atoms with E-state index in [9.17, 15) is 0 Å². The number of halogens is 1. The minimum atomic E-state index is 0.667. The molecule has 1 aromatic heterocycles. The summed E-state index contributed by atoms with van der Waals surface area (Å²) in [5.41, 5.74) is 7.97. The third-order valence-electron chi connectivity index (χ3n) is 4.30. The number of aryl methyl sites for hydroxylation is 2. The van der Waals surface area contributed by atoms with Gasteiger partial charge in [-0.25, -0.2) is 0 Å². The first-order valence-electron chi connectivity index (χ1n) is 7.89. The summed E-state index contributed by atoms with van der Waals surface area (Å²) in [6, 6.07) is 0.667. The molecular formula is C15H27ClN4. The molecule has 5 heteroatoms. The second kappa shape index (κ2) is 7.43. The molecule has 2 N–H and O–H groups in total. The molecule has 20 heavy (non-hydrogen) atoms. The smallest absolute Gasteiger partial charge is 0.0863 e. The van der Waals surface area contributed by atoms with Gasteiger partial charge in [-0.3, -0.25) is 9.58 Å². The Labute approximate surface area is 127 Å². The molecule has 1 fully saturated rings. The van der Waals surface area contributed by atoms with E-state index >= 15 is 0 Å². The number of hydrogen-bond acceptors (Lipinski definition) is 3. The van der Waals surface area contributed by atoms with E-state index in [1.54, 1.807) is 0 Å². The maximum absolute atomic E-state index is 6.52. The molecule has 1 aliphatic rings. The maximum Gasteiger partial charge on any atom is 0.0863 e. The van der Waals surface area contributed by atoms with E-state index in [4.69, 9.17) is 17.3 Å². The molecule has 0 unspecified atom stereocenters. The minimum absolute atomic E-state index is 0.667. The summed E-state index contributed by atoms with van der Waals surface area (Å²) in [5.74, 6) is 0. The number of nitrogens with two attached hydrogens (primary N) is 1. The Bertz CT molecular complexity index is 424. The van der Waals surface area contributed by atoms with Crippen molar-refractivity contribution in [2.45, 2.75) is 65.1 Å². The summed E-state index contributed by atoms with van der Waals surface area (Å²) in [6.07, 6.45) is 6.15. The minimum Gasteiger partial charge on any atom is -0.329 e. The molecule has 114 valence electrons. The fraction of sp³-hybridized carbons (Fsp3) is 0.800. The predicted molar refractivity (Wildman–Crippen MR) is 84.0 cm³/mol. The van der Waals surface area contributed by atoms with Crippen LogP contribution in [0.15, 0.2) is 0 Å². The third kappa shape index (κ3) is 3.35. The highest BCUT2D eigenvalue weighted by Gasteiger charge is 2.25. The van der Waals surface area contributed by atoms with Crippen LogP contribution in [-0.2, 0) is 19.5 Å². The maximum atomic E-state index is 6.52. The van der Waals surface area contributed by atoms with E-state index in [1.165, 1.54) is 25.7 Å². The highest BCUT2D eigenvalue weighted by atomic mass is 35.5. The Hall–Kier alpha value is -0.580. The molecule has 0 aliphatic heterocycles. The topological polar surface area (TPSA) is 47.1 Å². The van der Waals surface area contributed by atoms with Crippen LogP contribution >= 0.6 is 11.6 Å². The average molecular weight is 299 g/mol. The zero-order chi connectivity index (χ0) is 14.5. The zero-order valence-electron chi connectivity index (χ0n) is 12.7. The molecule has 1 aromatic rings. The Morgan fingerprint density at radius 2 is 2.05 bits per heavy atom. The Morgan fingerprint density at radius 3 is 2.60 bits per heavy atom. The lowest BCUT2D eigenvalue weighted by Gasteiger charge is -2.28. The predicted octanol–water partition coefficient (Wildman–Crippen LogP) is 2.82. The molecule has 0 aromatic carbocycles. The largest absolute Gasteiger partial charge is 0.329 e. The molecule has 0 spiro atoms. The van der Waals surface area contributed by atoms with Crippen LogP contribution in [-0.4, -0.2) is 33.8 Å². The first kappa shape index (κ1) is 15.8. The van der Waals surface area contributed by atoms with E-state index in [0.717, 1.165) is 42.5 Å². The summed E-state index contributed by atoms with van der Waals surface area (Å²) in [5, 5.41) is 5.47. The number of hydrogen-bond donors (Lipinski definition) is 1. The summed E-state index contributed by atoms with van der Waals surface area (Å²) in [7, 11) is 0. The number of rotatable bonds is 7. The van der Waals surface area contributed by atoms with E-state index in [-0.39, 0.29) is 0 Å². The molecule has 1 saturated carbocycles. The van der Waals surface area contributed by atoms with Crippen LogP contribution in [0.5, 0.6) is 0 Å². The fourth-order valence-electron chi connectivity index (χ4n) is 3.19. The Kier molecular flexibility index (Phi) is 5.87. The van der Waals surface area contributed by atoms with Crippen LogP contribution in [0.3, 0.4) is 0 Å². The van der Waals surface area contributed by atoms with Gasteiger partial charge in [-0.15, -0.1) is 0 Å². The van der Waals surface area contributed by atoms with Crippen LogP contribution in [0.2, 0.25) is 5.02 Å². The van der Waals surface area contributed by atoms with Gasteiger partial charge in [0.15, 0.2) is 0 Å². The number of nitrogens with zero attached hydrogens (tertiary/aromatic N) is 3. The molecule has 2 rings (SSSR count). The van der Waals surface area contributed by atoms with Gasteiger partial charge in [0, 0.05) is 32.2 Å². The van der Waals surface area contributed by atoms with Crippen molar-refractivity contribution in [1.29, 1.82) is 0 Å². The van der Waals surface area contributed by atoms with Crippen molar-refractivity contribution in [3.63, 3.8) is 0 Å². The van der Waals surface area contributed by atoms with Gasteiger partial charge in [0.05, 0.1) is 16.4 Å². The lowest BCUT2D eigenvalue weighted by atomic mass is 10.2. The zero-order valence-corrected chi connectivity index (χ0v) is 13.5. The normalized spacial score (nSPS) is 16.4. The molecule has 0 bridgehead atoms. The highest BCUT2D eigenvalue weighted by Crippen LogP contribution is 2.28. The van der Waals surface area contributed by atoms with Crippen LogP contribution in [0.1, 0.15) is 50.9 Å². The summed E-state index contributed by atoms with van der Waals surface area (Å²) in [4.78, 5) is 2.50. The van der Waals surface area contributed by atoms with Crippen molar-refractivity contribution in [1.82, 2.24) is 14.7 Å². The molecule has 1 aliphatic carbocycles. The van der Waals surface area contributed by atoms with Crippen molar-refractivity contribution in [3.8, 4) is 0 Å². The molecule has 4 nitrogen and oxygen atoms in total. The Balaban J connectivity index is 2.18. The van der Waals surface area contributed by atoms with Crippen molar-refractivity contribution < 1.29 is 0 Å². The number of aromatic nitrogens is 2. The molecule has 0 saturated heterocycles. The second-order valence-corrected chi connectivity index (χ2v) is 5.95. The molecular weight excluding hydrogens is 272 g/mol. The van der Waals surface area contributed by atoms with E-state index < -0.39 is 0 Å². The van der Waals surface area contributed by atoms with Crippen molar-refractivity contribution in [3.05, 3.63) is 16.4 Å². The summed E-state index contributed by atoms with van der Waals surface area (Å²) < 4.78 is 2.06. The second-order valence-electron chi connectivity index (χ2n) is 5.57. The molecule has 0 radical (unpaired) electrons. The van der Waals surface area contributed by atoms with Crippen molar-refractivity contribution in [2.75, 3.05) is 13.1 Å². The average Bonchev–Trinajstić information content (AvgIpc) is 3.07. The monoisotopic (exact) mass is 298 g/mol. The summed E-state index contributed by atoms with van der Waals surface area (Å²) >= 11 is 6.52. The van der Waals surface area contributed by atoms with Gasteiger partial charge in [-0.05, 0) is 26.2 Å². The van der Waals surface area contributed by atoms with E-state index in [2.05, 4.69) is 28.5 Å². The van der Waals surface area contributed by atoms with Gasteiger partial charge < -0.3 is 5.73 Å². The van der Waals surface area contributed by atoms with Crippen LogP contribution < -0.4 is 5.73 Å². The molecule has 0 amide bonds. The molecule has 0 atom stereocenters.